The summed E-state index contributed by atoms with van der Waals surface area (Å²) in [5.41, 5.74) is 3.03. The second kappa shape index (κ2) is 11.9. The summed E-state index contributed by atoms with van der Waals surface area (Å²) in [7, 11) is 3.00. The average Bonchev–Trinajstić information content (AvgIpc) is 2.77. The molecule has 0 aliphatic heterocycles. The number of methoxy groups -OCH3 is 2. The number of nitrogens with zero attached hydrogens (tertiary/aromatic N) is 1. The number of nitrogens with one attached hydrogen (secondary N) is 1. The fourth-order valence-electron chi connectivity index (χ4n) is 2.32. The zero-order chi connectivity index (χ0) is 21.8. The first-order valence-electron chi connectivity index (χ1n) is 9.11. The van der Waals surface area contributed by atoms with Crippen molar-refractivity contribution in [1.82, 2.24) is 5.43 Å². The van der Waals surface area contributed by atoms with Crippen LogP contribution in [0.5, 0.6) is 23.0 Å². The van der Waals surface area contributed by atoms with Gasteiger partial charge in [-0.15, -0.1) is 0 Å². The van der Waals surface area contributed by atoms with Gasteiger partial charge in [-0.25, -0.2) is 10.2 Å². The van der Waals surface area contributed by atoms with Gasteiger partial charge in [0.2, 0.25) is 0 Å². The van der Waals surface area contributed by atoms with Gasteiger partial charge in [-0.1, -0.05) is 12.1 Å². The molecule has 1 N–H and O–H groups in total. The third-order valence-electron chi connectivity index (χ3n) is 3.67. The number of hydrazone groups is 1. The number of benzene rings is 2. The minimum absolute atomic E-state index is 0.221. The molecule has 0 bridgehead atoms. The van der Waals surface area contributed by atoms with E-state index in [0.717, 1.165) is 0 Å². The molecule has 30 heavy (non-hydrogen) atoms. The van der Waals surface area contributed by atoms with Gasteiger partial charge in [-0.2, -0.15) is 5.10 Å². The first kappa shape index (κ1) is 22.5. The smallest absolute Gasteiger partial charge is 0.344 e. The van der Waals surface area contributed by atoms with Gasteiger partial charge in [0.05, 0.1) is 27.0 Å². The Balaban J connectivity index is 1.87. The number of para-hydroxylation sites is 2. The largest absolute Gasteiger partial charge is 0.493 e. The van der Waals surface area contributed by atoms with Crippen molar-refractivity contribution in [2.24, 2.45) is 5.10 Å². The normalized spacial score (nSPS) is 10.4. The van der Waals surface area contributed by atoms with Crippen LogP contribution in [-0.4, -0.2) is 52.1 Å². The summed E-state index contributed by atoms with van der Waals surface area (Å²) in [4.78, 5) is 23.3. The molecule has 0 fully saturated rings. The third-order valence-corrected chi connectivity index (χ3v) is 3.67. The molecule has 0 heterocycles. The molecule has 1 amide bonds. The van der Waals surface area contributed by atoms with E-state index in [1.807, 2.05) is 0 Å². The van der Waals surface area contributed by atoms with Crippen LogP contribution in [0.25, 0.3) is 0 Å². The van der Waals surface area contributed by atoms with Gasteiger partial charge in [0.15, 0.2) is 36.2 Å². The molecule has 0 aliphatic rings. The van der Waals surface area contributed by atoms with Gasteiger partial charge in [-0.3, -0.25) is 4.79 Å². The van der Waals surface area contributed by atoms with Gasteiger partial charge in [0.25, 0.3) is 5.91 Å². The van der Waals surface area contributed by atoms with Crippen LogP contribution >= 0.6 is 0 Å². The molecular formula is C21H24N2O7. The minimum atomic E-state index is -0.469. The van der Waals surface area contributed by atoms with E-state index in [2.05, 4.69) is 10.5 Å². The monoisotopic (exact) mass is 416 g/mol. The standard InChI is InChI=1S/C21H24N2O7/c1-4-28-21(25)14-30-18-10-9-15(11-19(18)27-3)12-22-23-20(24)13-29-17-8-6-5-7-16(17)26-2/h5-12H,4,13-14H2,1-3H3,(H,23,24). The van der Waals surface area contributed by atoms with Crippen molar-refractivity contribution in [3.05, 3.63) is 48.0 Å². The van der Waals surface area contributed by atoms with Crippen LogP contribution in [0.1, 0.15) is 12.5 Å². The molecule has 0 aliphatic carbocycles. The molecule has 2 aromatic rings. The lowest BCUT2D eigenvalue weighted by atomic mass is 10.2. The zero-order valence-electron chi connectivity index (χ0n) is 17.0. The van der Waals surface area contributed by atoms with Crippen molar-refractivity contribution in [2.45, 2.75) is 6.92 Å². The Morgan fingerprint density at radius 1 is 0.933 bits per heavy atom. The molecule has 9 heteroatoms. The summed E-state index contributed by atoms with van der Waals surface area (Å²) >= 11 is 0. The lowest BCUT2D eigenvalue weighted by molar-refractivity contribution is -0.145. The number of hydrogen-bond acceptors (Lipinski definition) is 8. The van der Waals surface area contributed by atoms with Crippen molar-refractivity contribution < 1.29 is 33.3 Å². The lowest BCUT2D eigenvalue weighted by Gasteiger charge is -2.10. The summed E-state index contributed by atoms with van der Waals surface area (Å²) in [6.07, 6.45) is 1.44. The van der Waals surface area contributed by atoms with E-state index in [9.17, 15) is 9.59 Å². The van der Waals surface area contributed by atoms with Crippen LogP contribution in [0.3, 0.4) is 0 Å². The zero-order valence-corrected chi connectivity index (χ0v) is 17.0. The van der Waals surface area contributed by atoms with E-state index in [-0.39, 0.29) is 19.8 Å². The highest BCUT2D eigenvalue weighted by atomic mass is 16.6. The van der Waals surface area contributed by atoms with Crippen molar-refractivity contribution in [3.63, 3.8) is 0 Å². The minimum Gasteiger partial charge on any atom is -0.493 e. The van der Waals surface area contributed by atoms with Gasteiger partial charge in [0.1, 0.15) is 0 Å². The fraction of sp³-hybridized carbons (Fsp3) is 0.286. The van der Waals surface area contributed by atoms with Crippen LogP contribution in [0, 0.1) is 0 Å². The maximum atomic E-state index is 11.9. The van der Waals surface area contributed by atoms with Gasteiger partial charge in [0, 0.05) is 0 Å². The van der Waals surface area contributed by atoms with Crippen LogP contribution in [0.15, 0.2) is 47.6 Å². The van der Waals surface area contributed by atoms with Gasteiger partial charge in [-0.05, 0) is 42.8 Å². The Hall–Kier alpha value is -3.75. The van der Waals surface area contributed by atoms with E-state index in [0.29, 0.717) is 28.6 Å². The molecule has 160 valence electrons. The molecule has 0 radical (unpaired) electrons. The first-order valence-corrected chi connectivity index (χ1v) is 9.11. The van der Waals surface area contributed by atoms with Gasteiger partial charge < -0.3 is 23.7 Å². The fourth-order valence-corrected chi connectivity index (χ4v) is 2.32. The Morgan fingerprint density at radius 2 is 1.60 bits per heavy atom. The Bertz CT molecular complexity index is 883. The van der Waals surface area contributed by atoms with Crippen molar-refractivity contribution in [3.8, 4) is 23.0 Å². The molecule has 0 atom stereocenters. The van der Waals surface area contributed by atoms with Crippen LogP contribution in [0.2, 0.25) is 0 Å². The van der Waals surface area contributed by atoms with E-state index in [1.165, 1.54) is 20.4 Å². The Labute approximate surface area is 174 Å². The number of esters is 1. The lowest BCUT2D eigenvalue weighted by Crippen LogP contribution is -2.24. The van der Waals surface area contributed by atoms with E-state index >= 15 is 0 Å². The number of amides is 1. The second-order valence-electron chi connectivity index (χ2n) is 5.74. The molecule has 9 nitrogen and oxygen atoms in total. The van der Waals surface area contributed by atoms with E-state index < -0.39 is 11.9 Å². The summed E-state index contributed by atoms with van der Waals surface area (Å²) in [6.45, 7) is 1.56. The van der Waals surface area contributed by atoms with Crippen LogP contribution < -0.4 is 24.4 Å². The van der Waals surface area contributed by atoms with E-state index in [4.69, 9.17) is 23.7 Å². The van der Waals surface area contributed by atoms with Crippen LogP contribution in [-0.2, 0) is 14.3 Å². The highest BCUT2D eigenvalue weighted by molar-refractivity contribution is 5.83. The molecule has 0 unspecified atom stereocenters. The number of rotatable bonds is 11. The molecule has 2 aromatic carbocycles. The second-order valence-corrected chi connectivity index (χ2v) is 5.74. The maximum absolute atomic E-state index is 11.9. The number of hydrogen-bond donors (Lipinski definition) is 1. The predicted octanol–water partition coefficient (Wildman–Crippen LogP) is 2.17. The predicted molar refractivity (Wildman–Crippen MR) is 109 cm³/mol. The third kappa shape index (κ3) is 7.01. The highest BCUT2D eigenvalue weighted by Gasteiger charge is 2.09. The van der Waals surface area contributed by atoms with Crippen LogP contribution in [0.4, 0.5) is 0 Å². The molecule has 0 aromatic heterocycles. The molecule has 0 spiro atoms. The molecule has 2 rings (SSSR count). The number of ether oxygens (including phenoxy) is 5. The highest BCUT2D eigenvalue weighted by Crippen LogP contribution is 2.27. The Morgan fingerprint density at radius 3 is 2.30 bits per heavy atom. The average molecular weight is 416 g/mol. The van der Waals surface area contributed by atoms with Crippen molar-refractivity contribution in [1.29, 1.82) is 0 Å². The topological polar surface area (TPSA) is 105 Å². The van der Waals surface area contributed by atoms with Crippen molar-refractivity contribution >= 4 is 18.1 Å². The summed E-state index contributed by atoms with van der Waals surface area (Å²) in [5.74, 6) is 0.890. The summed E-state index contributed by atoms with van der Waals surface area (Å²) in [5, 5.41) is 3.89. The maximum Gasteiger partial charge on any atom is 0.344 e. The Kier molecular flexibility index (Phi) is 8.98. The van der Waals surface area contributed by atoms with Crippen molar-refractivity contribution in [2.75, 3.05) is 34.0 Å². The molecule has 0 saturated heterocycles. The summed E-state index contributed by atoms with van der Waals surface area (Å²) < 4.78 is 26.0. The van der Waals surface area contributed by atoms with E-state index in [1.54, 1.807) is 49.4 Å². The quantitative estimate of drug-likeness (QED) is 0.340. The number of carbonyl (C=O) groups is 2. The first-order chi connectivity index (χ1) is 14.6. The summed E-state index contributed by atoms with van der Waals surface area (Å²) in [6, 6.07) is 12.0. The number of carbonyl (C=O) groups excluding carboxylic acids is 2. The molecule has 0 saturated carbocycles. The SMILES string of the molecule is CCOC(=O)COc1ccc(C=NNC(=O)COc2ccccc2OC)cc1OC. The molecular weight excluding hydrogens is 392 g/mol. The van der Waals surface area contributed by atoms with Gasteiger partial charge >= 0.3 is 5.97 Å².